The summed E-state index contributed by atoms with van der Waals surface area (Å²) in [4.78, 5) is 0. The SMILES string of the molecule is CSc1nnc(SC(C(C)C)C(N)c2ccccc2)s1. The van der Waals surface area contributed by atoms with Gasteiger partial charge in [0, 0.05) is 11.3 Å². The Hall–Kier alpha value is -0.560. The minimum absolute atomic E-state index is 0.00262. The zero-order valence-corrected chi connectivity index (χ0v) is 14.3. The van der Waals surface area contributed by atoms with Gasteiger partial charge in [-0.3, -0.25) is 0 Å². The number of nitrogens with zero attached hydrogens (tertiary/aromatic N) is 2. The predicted molar refractivity (Wildman–Crippen MR) is 89.5 cm³/mol. The average molecular weight is 326 g/mol. The van der Waals surface area contributed by atoms with Crippen LogP contribution in [0.15, 0.2) is 39.0 Å². The first-order chi connectivity index (χ1) is 9.61. The average Bonchev–Trinajstić information content (AvgIpc) is 2.92. The molecule has 2 rings (SSSR count). The van der Waals surface area contributed by atoms with Crippen LogP contribution in [0.2, 0.25) is 0 Å². The molecule has 2 N–H and O–H groups in total. The summed E-state index contributed by atoms with van der Waals surface area (Å²) in [6, 6.07) is 10.3. The van der Waals surface area contributed by atoms with Gasteiger partial charge in [-0.05, 0) is 17.7 Å². The topological polar surface area (TPSA) is 51.8 Å². The van der Waals surface area contributed by atoms with E-state index >= 15 is 0 Å². The Morgan fingerprint density at radius 1 is 1.10 bits per heavy atom. The molecular weight excluding hydrogens is 306 g/mol. The molecule has 2 unspecified atom stereocenters. The van der Waals surface area contributed by atoms with Crippen LogP contribution in [0.3, 0.4) is 0 Å². The molecule has 108 valence electrons. The zero-order chi connectivity index (χ0) is 14.5. The molecule has 0 saturated carbocycles. The Balaban J connectivity index is 2.14. The lowest BCUT2D eigenvalue weighted by Gasteiger charge is -2.26. The van der Waals surface area contributed by atoms with Crippen molar-refractivity contribution in [2.45, 2.75) is 33.8 Å². The molecule has 0 aliphatic rings. The van der Waals surface area contributed by atoms with Crippen molar-refractivity contribution in [3.05, 3.63) is 35.9 Å². The fraction of sp³-hybridized carbons (Fsp3) is 0.429. The molecule has 0 spiro atoms. The molecule has 0 saturated heterocycles. The second-order valence-corrected chi connectivity index (χ2v) is 8.26. The molecule has 0 aliphatic heterocycles. The van der Waals surface area contributed by atoms with Crippen molar-refractivity contribution < 1.29 is 0 Å². The van der Waals surface area contributed by atoms with Crippen LogP contribution in [-0.4, -0.2) is 21.7 Å². The molecule has 1 aromatic carbocycles. The number of rotatable bonds is 6. The lowest BCUT2D eigenvalue weighted by atomic mass is 9.97. The third kappa shape index (κ3) is 3.97. The van der Waals surface area contributed by atoms with Gasteiger partial charge in [0.1, 0.15) is 0 Å². The van der Waals surface area contributed by atoms with Crippen molar-refractivity contribution in [3.63, 3.8) is 0 Å². The highest BCUT2D eigenvalue weighted by Gasteiger charge is 2.25. The largest absolute Gasteiger partial charge is 0.323 e. The molecule has 0 fully saturated rings. The van der Waals surface area contributed by atoms with E-state index in [0.29, 0.717) is 11.2 Å². The van der Waals surface area contributed by atoms with Crippen LogP contribution in [-0.2, 0) is 0 Å². The normalized spacial score (nSPS) is 14.4. The molecular formula is C14H19N3S3. The third-order valence-corrected chi connectivity index (χ3v) is 6.62. The number of nitrogens with two attached hydrogens (primary N) is 1. The first kappa shape index (κ1) is 15.8. The van der Waals surface area contributed by atoms with E-state index in [0.717, 1.165) is 8.68 Å². The lowest BCUT2D eigenvalue weighted by molar-refractivity contribution is 0.527. The summed E-state index contributed by atoms with van der Waals surface area (Å²) in [5.41, 5.74) is 7.63. The van der Waals surface area contributed by atoms with Gasteiger partial charge in [-0.2, -0.15) is 0 Å². The number of hydrogen-bond acceptors (Lipinski definition) is 6. The van der Waals surface area contributed by atoms with Crippen LogP contribution in [0.5, 0.6) is 0 Å². The highest BCUT2D eigenvalue weighted by Crippen LogP contribution is 2.38. The number of thioether (sulfide) groups is 2. The molecule has 3 nitrogen and oxygen atoms in total. The maximum Gasteiger partial charge on any atom is 0.175 e. The number of aromatic nitrogens is 2. The molecule has 0 radical (unpaired) electrons. The maximum absolute atomic E-state index is 6.46. The van der Waals surface area contributed by atoms with Crippen molar-refractivity contribution in [2.75, 3.05) is 6.26 Å². The molecule has 1 aromatic heterocycles. The smallest absolute Gasteiger partial charge is 0.175 e. The molecule has 0 aliphatic carbocycles. The van der Waals surface area contributed by atoms with E-state index < -0.39 is 0 Å². The summed E-state index contributed by atoms with van der Waals surface area (Å²) in [6.45, 7) is 4.41. The second-order valence-electron chi connectivity index (χ2n) is 4.80. The van der Waals surface area contributed by atoms with Gasteiger partial charge in [-0.25, -0.2) is 0 Å². The standard InChI is InChI=1S/C14H19N3S3/c1-9(2)12(11(15)10-7-5-4-6-8-10)19-14-17-16-13(18-3)20-14/h4-9,11-12H,15H2,1-3H3. The Morgan fingerprint density at radius 3 is 2.30 bits per heavy atom. The van der Waals surface area contributed by atoms with Gasteiger partial charge in [0.25, 0.3) is 0 Å². The molecule has 1 heterocycles. The van der Waals surface area contributed by atoms with Crippen molar-refractivity contribution in [3.8, 4) is 0 Å². The van der Waals surface area contributed by atoms with Gasteiger partial charge >= 0.3 is 0 Å². The minimum atomic E-state index is 0.00262. The van der Waals surface area contributed by atoms with E-state index in [9.17, 15) is 0 Å². The molecule has 0 amide bonds. The molecule has 6 heteroatoms. The highest BCUT2D eigenvalue weighted by atomic mass is 32.2. The van der Waals surface area contributed by atoms with E-state index in [1.54, 1.807) is 34.9 Å². The quantitative estimate of drug-likeness (QED) is 0.811. The Bertz CT molecular complexity index is 527. The van der Waals surface area contributed by atoms with E-state index in [-0.39, 0.29) is 6.04 Å². The van der Waals surface area contributed by atoms with Gasteiger partial charge in [0.2, 0.25) is 0 Å². The van der Waals surface area contributed by atoms with Gasteiger partial charge in [0.05, 0.1) is 0 Å². The maximum atomic E-state index is 6.46. The van der Waals surface area contributed by atoms with E-state index in [4.69, 9.17) is 5.73 Å². The van der Waals surface area contributed by atoms with E-state index in [1.165, 1.54) is 5.56 Å². The van der Waals surface area contributed by atoms with Crippen LogP contribution in [0.1, 0.15) is 25.5 Å². The van der Waals surface area contributed by atoms with Crippen LogP contribution in [0.4, 0.5) is 0 Å². The van der Waals surface area contributed by atoms with Crippen LogP contribution >= 0.6 is 34.9 Å². The fourth-order valence-corrected chi connectivity index (χ4v) is 4.76. The van der Waals surface area contributed by atoms with E-state index in [1.807, 2.05) is 24.5 Å². The molecule has 0 bridgehead atoms. The van der Waals surface area contributed by atoms with Gasteiger partial charge < -0.3 is 5.73 Å². The van der Waals surface area contributed by atoms with Gasteiger partial charge in [-0.1, -0.05) is 79.0 Å². The summed E-state index contributed by atoms with van der Waals surface area (Å²) >= 11 is 5.01. The Labute approximate surface area is 132 Å². The molecule has 2 atom stereocenters. The van der Waals surface area contributed by atoms with Crippen molar-refractivity contribution in [2.24, 2.45) is 11.7 Å². The number of benzene rings is 1. The fourth-order valence-electron chi connectivity index (χ4n) is 1.93. The second kappa shape index (κ2) is 7.45. The Kier molecular flexibility index (Phi) is 5.89. The third-order valence-electron chi connectivity index (χ3n) is 2.99. The first-order valence-electron chi connectivity index (χ1n) is 6.46. The highest BCUT2D eigenvalue weighted by molar-refractivity contribution is 8.03. The number of hydrogen-bond donors (Lipinski definition) is 1. The van der Waals surface area contributed by atoms with Crippen molar-refractivity contribution in [1.29, 1.82) is 0 Å². The summed E-state index contributed by atoms with van der Waals surface area (Å²) < 4.78 is 2.00. The predicted octanol–water partition coefficient (Wildman–Crippen LogP) is 4.08. The Morgan fingerprint density at radius 2 is 1.75 bits per heavy atom. The van der Waals surface area contributed by atoms with E-state index in [2.05, 4.69) is 36.2 Å². The van der Waals surface area contributed by atoms with Crippen LogP contribution in [0.25, 0.3) is 0 Å². The summed E-state index contributed by atoms with van der Waals surface area (Å²) in [7, 11) is 0. The van der Waals surface area contributed by atoms with Crippen LogP contribution < -0.4 is 5.73 Å². The molecule has 2 aromatic rings. The zero-order valence-electron chi connectivity index (χ0n) is 11.8. The van der Waals surface area contributed by atoms with Crippen molar-refractivity contribution >= 4 is 34.9 Å². The molecule has 20 heavy (non-hydrogen) atoms. The minimum Gasteiger partial charge on any atom is -0.323 e. The summed E-state index contributed by atoms with van der Waals surface area (Å²) in [6.07, 6.45) is 2.02. The first-order valence-corrected chi connectivity index (χ1v) is 9.38. The van der Waals surface area contributed by atoms with Gasteiger partial charge in [-0.15, -0.1) is 10.2 Å². The monoisotopic (exact) mass is 325 g/mol. The van der Waals surface area contributed by atoms with Gasteiger partial charge in [0.15, 0.2) is 8.68 Å². The summed E-state index contributed by atoms with van der Waals surface area (Å²) in [5, 5.41) is 8.68. The van der Waals surface area contributed by atoms with Crippen molar-refractivity contribution in [1.82, 2.24) is 10.2 Å². The van der Waals surface area contributed by atoms with Crippen LogP contribution in [0, 0.1) is 5.92 Å². The lowest BCUT2D eigenvalue weighted by Crippen LogP contribution is -2.28. The summed E-state index contributed by atoms with van der Waals surface area (Å²) in [5.74, 6) is 0.469.